The first-order valence-electron chi connectivity index (χ1n) is 6.39. The lowest BCUT2D eigenvalue weighted by atomic mass is 10.1. The van der Waals surface area contributed by atoms with Gasteiger partial charge in [-0.15, -0.1) is 0 Å². The van der Waals surface area contributed by atoms with E-state index in [-0.39, 0.29) is 0 Å². The second kappa shape index (κ2) is 6.76. The Morgan fingerprint density at radius 3 is 2.80 bits per heavy atom. The van der Waals surface area contributed by atoms with Crippen LogP contribution in [0.1, 0.15) is 11.3 Å². The lowest BCUT2D eigenvalue weighted by Gasteiger charge is -2.15. The van der Waals surface area contributed by atoms with Gasteiger partial charge in [0, 0.05) is 19.2 Å². The van der Waals surface area contributed by atoms with Crippen LogP contribution in [-0.2, 0) is 13.0 Å². The number of hydrogen-bond donors (Lipinski definition) is 2. The first kappa shape index (κ1) is 14.9. The zero-order valence-electron chi connectivity index (χ0n) is 11.7. The Bertz CT molecular complexity index is 570. The molecular formula is C14H19BrN4O. The van der Waals surface area contributed by atoms with Crippen LogP contribution in [0.3, 0.4) is 0 Å². The molecule has 0 atom stereocenters. The van der Waals surface area contributed by atoms with E-state index in [4.69, 9.17) is 10.5 Å². The molecular weight excluding hydrogens is 320 g/mol. The van der Waals surface area contributed by atoms with Gasteiger partial charge < -0.3 is 15.4 Å². The van der Waals surface area contributed by atoms with Gasteiger partial charge in [0.25, 0.3) is 0 Å². The summed E-state index contributed by atoms with van der Waals surface area (Å²) in [5.41, 5.74) is 7.89. The van der Waals surface area contributed by atoms with E-state index in [1.54, 1.807) is 7.11 Å². The van der Waals surface area contributed by atoms with Crippen molar-refractivity contribution in [3.8, 4) is 5.75 Å². The Morgan fingerprint density at radius 2 is 2.20 bits per heavy atom. The average Bonchev–Trinajstić information content (AvgIpc) is 2.82. The summed E-state index contributed by atoms with van der Waals surface area (Å²) in [6.07, 6.45) is 0.975. The summed E-state index contributed by atoms with van der Waals surface area (Å²) in [7, 11) is 3.75. The number of hydrogen-bond acceptors (Lipinski definition) is 4. The molecule has 6 heteroatoms. The van der Waals surface area contributed by atoms with Gasteiger partial charge in [0.1, 0.15) is 11.6 Å². The molecule has 0 aliphatic heterocycles. The van der Waals surface area contributed by atoms with Crippen LogP contribution < -0.4 is 10.5 Å². The molecule has 0 saturated carbocycles. The van der Waals surface area contributed by atoms with Crippen LogP contribution in [0.25, 0.3) is 0 Å². The van der Waals surface area contributed by atoms with Gasteiger partial charge >= 0.3 is 0 Å². The van der Waals surface area contributed by atoms with Crippen molar-refractivity contribution in [2.24, 2.45) is 0 Å². The van der Waals surface area contributed by atoms with E-state index in [2.05, 4.69) is 50.2 Å². The van der Waals surface area contributed by atoms with Gasteiger partial charge in [0.15, 0.2) is 0 Å². The standard InChI is InChI=1S/C14H19BrN4O/c1-19(9-11-8-14(16)18-17-11)6-5-10-3-4-13(20-2)12(15)7-10/h3-4,7-8H,5-6,9H2,1-2H3,(H3,16,17,18). The molecule has 20 heavy (non-hydrogen) atoms. The number of benzene rings is 1. The largest absolute Gasteiger partial charge is 0.496 e. The number of nitrogens with zero attached hydrogens (tertiary/aromatic N) is 2. The summed E-state index contributed by atoms with van der Waals surface area (Å²) >= 11 is 3.51. The van der Waals surface area contributed by atoms with E-state index in [0.29, 0.717) is 5.82 Å². The predicted octanol–water partition coefficient (Wildman–Crippen LogP) is 2.44. The number of nitrogens with two attached hydrogens (primary N) is 1. The number of aromatic amines is 1. The number of aromatic nitrogens is 2. The Hall–Kier alpha value is -1.53. The van der Waals surface area contributed by atoms with Crippen LogP contribution in [0, 0.1) is 0 Å². The van der Waals surface area contributed by atoms with Crippen molar-refractivity contribution in [2.45, 2.75) is 13.0 Å². The highest BCUT2D eigenvalue weighted by molar-refractivity contribution is 9.10. The number of ether oxygens (including phenoxy) is 1. The summed E-state index contributed by atoms with van der Waals surface area (Å²) in [5.74, 6) is 1.39. The first-order chi connectivity index (χ1) is 9.58. The third-order valence-corrected chi connectivity index (χ3v) is 3.71. The van der Waals surface area contributed by atoms with Gasteiger partial charge in [0.05, 0.1) is 17.3 Å². The molecule has 0 aliphatic carbocycles. The molecule has 0 saturated heterocycles. The molecule has 0 amide bonds. The first-order valence-corrected chi connectivity index (χ1v) is 7.18. The second-order valence-corrected chi connectivity index (χ2v) is 5.63. The lowest BCUT2D eigenvalue weighted by molar-refractivity contribution is 0.327. The summed E-state index contributed by atoms with van der Waals surface area (Å²) in [4.78, 5) is 2.23. The molecule has 3 N–H and O–H groups in total. The van der Waals surface area contributed by atoms with Gasteiger partial charge in [-0.2, -0.15) is 5.10 Å². The molecule has 1 aromatic heterocycles. The Kier molecular flexibility index (Phi) is 5.03. The molecule has 108 valence electrons. The summed E-state index contributed by atoms with van der Waals surface area (Å²) in [6.45, 7) is 1.76. The minimum atomic E-state index is 0.535. The number of nitrogen functional groups attached to an aromatic ring is 1. The van der Waals surface area contributed by atoms with Crippen molar-refractivity contribution < 1.29 is 4.74 Å². The molecule has 1 aromatic carbocycles. The number of rotatable bonds is 6. The van der Waals surface area contributed by atoms with E-state index in [9.17, 15) is 0 Å². The fraction of sp³-hybridized carbons (Fsp3) is 0.357. The third kappa shape index (κ3) is 3.98. The molecule has 0 radical (unpaired) electrons. The van der Waals surface area contributed by atoms with Gasteiger partial charge in [-0.25, -0.2) is 0 Å². The minimum absolute atomic E-state index is 0.535. The smallest absolute Gasteiger partial charge is 0.145 e. The highest BCUT2D eigenvalue weighted by Crippen LogP contribution is 2.25. The van der Waals surface area contributed by atoms with Crippen molar-refractivity contribution in [2.75, 3.05) is 26.4 Å². The molecule has 2 rings (SSSR count). The summed E-state index contributed by atoms with van der Waals surface area (Å²) < 4.78 is 6.21. The topological polar surface area (TPSA) is 67.2 Å². The third-order valence-electron chi connectivity index (χ3n) is 3.09. The van der Waals surface area contributed by atoms with E-state index >= 15 is 0 Å². The molecule has 0 fully saturated rings. The number of anilines is 1. The van der Waals surface area contributed by atoms with Gasteiger partial charge in [-0.3, -0.25) is 5.10 Å². The zero-order valence-corrected chi connectivity index (χ0v) is 13.3. The molecule has 2 aromatic rings. The van der Waals surface area contributed by atoms with Crippen LogP contribution in [0.2, 0.25) is 0 Å². The maximum atomic E-state index is 5.59. The predicted molar refractivity (Wildman–Crippen MR) is 83.7 cm³/mol. The fourth-order valence-corrected chi connectivity index (χ4v) is 2.60. The van der Waals surface area contributed by atoms with Crippen LogP contribution >= 0.6 is 15.9 Å². The van der Waals surface area contributed by atoms with Crippen molar-refractivity contribution in [3.05, 3.63) is 40.0 Å². The Balaban J connectivity index is 1.86. The molecule has 5 nitrogen and oxygen atoms in total. The molecule has 0 bridgehead atoms. The second-order valence-electron chi connectivity index (χ2n) is 4.77. The van der Waals surface area contributed by atoms with E-state index in [0.717, 1.165) is 35.4 Å². The van der Waals surface area contributed by atoms with E-state index in [1.165, 1.54) is 5.56 Å². The van der Waals surface area contributed by atoms with Crippen LogP contribution in [0.4, 0.5) is 5.82 Å². The fourth-order valence-electron chi connectivity index (χ4n) is 2.02. The molecule has 0 spiro atoms. The number of H-pyrrole nitrogens is 1. The van der Waals surface area contributed by atoms with Crippen molar-refractivity contribution in [1.82, 2.24) is 15.1 Å². The molecule has 0 unspecified atom stereocenters. The van der Waals surface area contributed by atoms with Gasteiger partial charge in [-0.1, -0.05) is 6.07 Å². The molecule has 0 aliphatic rings. The van der Waals surface area contributed by atoms with Crippen molar-refractivity contribution in [1.29, 1.82) is 0 Å². The monoisotopic (exact) mass is 338 g/mol. The summed E-state index contributed by atoms with van der Waals surface area (Å²) in [5, 5.41) is 6.84. The number of likely N-dealkylation sites (N-methyl/N-ethyl adjacent to an activating group) is 1. The number of nitrogens with one attached hydrogen (secondary N) is 1. The average molecular weight is 339 g/mol. The zero-order chi connectivity index (χ0) is 14.5. The maximum absolute atomic E-state index is 5.59. The number of halogens is 1. The normalized spacial score (nSPS) is 11.0. The van der Waals surface area contributed by atoms with Gasteiger partial charge in [0.2, 0.25) is 0 Å². The Morgan fingerprint density at radius 1 is 1.40 bits per heavy atom. The molecule has 1 heterocycles. The van der Waals surface area contributed by atoms with Gasteiger partial charge in [-0.05, 0) is 47.1 Å². The Labute approximate surface area is 127 Å². The quantitative estimate of drug-likeness (QED) is 0.848. The SMILES string of the molecule is COc1ccc(CCN(C)Cc2cc(N)n[nH]2)cc1Br. The highest BCUT2D eigenvalue weighted by Gasteiger charge is 2.05. The van der Waals surface area contributed by atoms with Crippen molar-refractivity contribution in [3.63, 3.8) is 0 Å². The highest BCUT2D eigenvalue weighted by atomic mass is 79.9. The van der Waals surface area contributed by atoms with E-state index < -0.39 is 0 Å². The number of methoxy groups -OCH3 is 1. The van der Waals surface area contributed by atoms with Crippen LogP contribution in [0.15, 0.2) is 28.7 Å². The maximum Gasteiger partial charge on any atom is 0.145 e. The van der Waals surface area contributed by atoms with Crippen LogP contribution in [0.5, 0.6) is 5.75 Å². The van der Waals surface area contributed by atoms with Crippen LogP contribution in [-0.4, -0.2) is 35.8 Å². The lowest BCUT2D eigenvalue weighted by Crippen LogP contribution is -2.20. The minimum Gasteiger partial charge on any atom is -0.496 e. The summed E-state index contributed by atoms with van der Waals surface area (Å²) in [6, 6.07) is 8.03. The van der Waals surface area contributed by atoms with Crippen molar-refractivity contribution >= 4 is 21.7 Å². The van der Waals surface area contributed by atoms with E-state index in [1.807, 2.05) is 12.1 Å².